The average molecular weight is 540 g/mol. The SMILES string of the molecule is [C-]#[N+]C([N+]#[C-])=C1C=c2c(c(-c3cc(F)c(F)c(F)c3)c3c(c2-c2cc(F)c(F)c(F)c2)CC(=C(C#N)C#N)C=3)C1. The predicted molar refractivity (Wildman–Crippen MR) is 131 cm³/mol. The molecule has 3 aromatic carbocycles. The minimum atomic E-state index is -1.71. The van der Waals surface area contributed by atoms with Gasteiger partial charge in [0, 0.05) is 6.42 Å². The molecule has 10 heteroatoms. The highest BCUT2D eigenvalue weighted by Crippen LogP contribution is 2.36. The Morgan fingerprint density at radius 1 is 0.650 bits per heavy atom. The van der Waals surface area contributed by atoms with Crippen LogP contribution in [-0.4, -0.2) is 0 Å². The van der Waals surface area contributed by atoms with E-state index in [1.807, 2.05) is 0 Å². The van der Waals surface area contributed by atoms with E-state index in [0.717, 1.165) is 24.3 Å². The van der Waals surface area contributed by atoms with Crippen molar-refractivity contribution in [2.75, 3.05) is 0 Å². The molecule has 0 N–H and O–H groups in total. The summed E-state index contributed by atoms with van der Waals surface area (Å²) in [5.74, 6) is -9.70. The monoisotopic (exact) mass is 540 g/mol. The van der Waals surface area contributed by atoms with Crippen LogP contribution in [-0.2, 0) is 12.8 Å². The van der Waals surface area contributed by atoms with Crippen LogP contribution in [0, 0.1) is 70.7 Å². The third kappa shape index (κ3) is 3.91. The first-order valence-corrected chi connectivity index (χ1v) is 11.4. The quantitative estimate of drug-likeness (QED) is 0.175. The Hall–Kier alpha value is -5.58. The van der Waals surface area contributed by atoms with Gasteiger partial charge in [-0.2, -0.15) is 20.2 Å². The van der Waals surface area contributed by atoms with Crippen molar-refractivity contribution in [3.05, 3.63) is 126 Å². The van der Waals surface area contributed by atoms with Crippen LogP contribution in [0.2, 0.25) is 0 Å². The standard InChI is InChI=1S/C30H10F6N4/c1-39-30(40-2)16-5-20-21(6-16)27(15-9-24(33)29(36)25(34)10-15)19-4-13(17(11-37)12-38)3-18(19)26(20)14-7-22(31)28(35)23(32)8-14/h3,6-10H,4-5H2. The molecule has 0 fully saturated rings. The van der Waals surface area contributed by atoms with Crippen LogP contribution >= 0.6 is 0 Å². The first-order valence-electron chi connectivity index (χ1n) is 11.4. The Kier molecular flexibility index (Phi) is 6.26. The predicted octanol–water partition coefficient (Wildman–Crippen LogP) is 5.92. The molecule has 40 heavy (non-hydrogen) atoms. The number of allylic oxidation sites excluding steroid dienone is 3. The van der Waals surface area contributed by atoms with Gasteiger partial charge in [-0.1, -0.05) is 6.08 Å². The summed E-state index contributed by atoms with van der Waals surface area (Å²) in [4.78, 5) is 6.42. The Morgan fingerprint density at radius 3 is 1.40 bits per heavy atom. The van der Waals surface area contributed by atoms with Crippen molar-refractivity contribution < 1.29 is 26.3 Å². The number of hydrogen-bond donors (Lipinski definition) is 0. The van der Waals surface area contributed by atoms with Gasteiger partial charge in [0.05, 0.1) is 5.57 Å². The second kappa shape index (κ2) is 9.62. The van der Waals surface area contributed by atoms with Crippen molar-refractivity contribution in [1.29, 1.82) is 10.5 Å². The molecule has 3 aromatic rings. The summed E-state index contributed by atoms with van der Waals surface area (Å²) in [6, 6.07) is 6.53. The molecule has 0 aliphatic heterocycles. The molecule has 0 saturated carbocycles. The summed E-state index contributed by atoms with van der Waals surface area (Å²) in [5.41, 5.74) is 0.765. The minimum absolute atomic E-state index is 0.117. The lowest BCUT2D eigenvalue weighted by Crippen LogP contribution is -2.23. The van der Waals surface area contributed by atoms with E-state index in [0.29, 0.717) is 0 Å². The van der Waals surface area contributed by atoms with Gasteiger partial charge in [0.2, 0.25) is 0 Å². The zero-order valence-corrected chi connectivity index (χ0v) is 19.9. The van der Waals surface area contributed by atoms with Gasteiger partial charge in [0.25, 0.3) is 0 Å². The maximum absolute atomic E-state index is 14.4. The molecular weight excluding hydrogens is 530 g/mol. The van der Waals surface area contributed by atoms with Crippen LogP contribution in [0.3, 0.4) is 0 Å². The van der Waals surface area contributed by atoms with Crippen molar-refractivity contribution in [1.82, 2.24) is 0 Å². The molecule has 192 valence electrons. The lowest BCUT2D eigenvalue weighted by Gasteiger charge is -2.17. The van der Waals surface area contributed by atoms with Gasteiger partial charge in [-0.15, -0.1) is 0 Å². The Morgan fingerprint density at radius 2 is 1.02 bits per heavy atom. The van der Waals surface area contributed by atoms with Gasteiger partial charge < -0.3 is 0 Å². The zero-order valence-electron chi connectivity index (χ0n) is 19.9. The molecule has 0 unspecified atom stereocenters. The summed E-state index contributed by atoms with van der Waals surface area (Å²) < 4.78 is 85.3. The van der Waals surface area contributed by atoms with Gasteiger partial charge in [-0.25, -0.2) is 26.3 Å². The normalized spacial score (nSPS) is 12.8. The minimum Gasteiger partial charge on any atom is -0.204 e. The lowest BCUT2D eigenvalue weighted by atomic mass is 9.87. The molecule has 0 atom stereocenters. The second-order valence-electron chi connectivity index (χ2n) is 8.88. The summed E-state index contributed by atoms with van der Waals surface area (Å²) in [7, 11) is 0. The van der Waals surface area contributed by atoms with E-state index in [2.05, 4.69) is 9.69 Å². The molecule has 0 aromatic heterocycles. The van der Waals surface area contributed by atoms with Crippen molar-refractivity contribution in [2.45, 2.75) is 12.8 Å². The number of halogens is 6. The van der Waals surface area contributed by atoms with E-state index >= 15 is 0 Å². The van der Waals surface area contributed by atoms with Crippen LogP contribution in [0.4, 0.5) is 26.3 Å². The number of nitrogens with zero attached hydrogens (tertiary/aromatic N) is 4. The van der Waals surface area contributed by atoms with Crippen LogP contribution in [0.15, 0.2) is 46.8 Å². The van der Waals surface area contributed by atoms with E-state index in [9.17, 15) is 36.9 Å². The Labute approximate surface area is 222 Å². The van der Waals surface area contributed by atoms with Crippen molar-refractivity contribution >= 4 is 12.2 Å². The van der Waals surface area contributed by atoms with E-state index in [4.69, 9.17) is 13.1 Å². The van der Waals surface area contributed by atoms with Gasteiger partial charge in [0.1, 0.15) is 30.9 Å². The summed E-state index contributed by atoms with van der Waals surface area (Å²) >= 11 is 0. The first-order chi connectivity index (χ1) is 19.1. The maximum atomic E-state index is 14.4. The molecule has 2 aliphatic rings. The molecule has 5 rings (SSSR count). The van der Waals surface area contributed by atoms with Gasteiger partial charge >= 0.3 is 5.82 Å². The fourth-order valence-corrected chi connectivity index (χ4v) is 5.11. The summed E-state index contributed by atoms with van der Waals surface area (Å²) in [6.45, 7) is 14.7. The smallest absolute Gasteiger partial charge is 0.204 e. The Bertz CT molecular complexity index is 1830. The van der Waals surface area contributed by atoms with Gasteiger partial charge in [0.15, 0.2) is 34.9 Å². The molecule has 0 saturated heterocycles. The molecular formula is C30H10F6N4. The van der Waals surface area contributed by atoms with Crippen LogP contribution < -0.4 is 10.4 Å². The van der Waals surface area contributed by atoms with Crippen molar-refractivity contribution in [3.63, 3.8) is 0 Å². The topological polar surface area (TPSA) is 56.3 Å². The van der Waals surface area contributed by atoms with Crippen LogP contribution in [0.1, 0.15) is 11.1 Å². The number of fused-ring (bicyclic) bond motifs is 2. The second-order valence-corrected chi connectivity index (χ2v) is 8.88. The third-order valence-corrected chi connectivity index (χ3v) is 6.75. The third-order valence-electron chi connectivity index (χ3n) is 6.75. The van der Waals surface area contributed by atoms with E-state index < -0.39 is 34.9 Å². The number of nitriles is 2. The molecule has 2 aliphatic carbocycles. The molecule has 0 heterocycles. The molecule has 0 amide bonds. The lowest BCUT2D eigenvalue weighted by molar-refractivity contribution is 0.447. The largest absolute Gasteiger partial charge is 0.522 e. The maximum Gasteiger partial charge on any atom is 0.522 e. The number of hydrogen-bond acceptors (Lipinski definition) is 2. The van der Waals surface area contributed by atoms with Gasteiger partial charge in [-0.05, 0) is 86.2 Å². The van der Waals surface area contributed by atoms with Crippen molar-refractivity contribution in [3.8, 4) is 34.4 Å². The summed E-state index contributed by atoms with van der Waals surface area (Å²) in [5, 5.41) is 19.4. The van der Waals surface area contributed by atoms with E-state index in [1.54, 1.807) is 12.1 Å². The Balaban J connectivity index is 2.02. The molecule has 0 spiro atoms. The fraction of sp³-hybridized carbons (Fsp3) is 0.0667. The molecule has 0 radical (unpaired) electrons. The first kappa shape index (κ1) is 26.0. The summed E-state index contributed by atoms with van der Waals surface area (Å²) in [6.07, 6.45) is 2.60. The highest BCUT2D eigenvalue weighted by Gasteiger charge is 2.30. The molecule has 4 nitrogen and oxygen atoms in total. The van der Waals surface area contributed by atoms with Gasteiger partial charge in [-0.3, -0.25) is 0 Å². The highest BCUT2D eigenvalue weighted by atomic mass is 19.2. The highest BCUT2D eigenvalue weighted by molar-refractivity contribution is 5.87. The fourth-order valence-electron chi connectivity index (χ4n) is 5.11. The average Bonchev–Trinajstić information content (AvgIpc) is 3.54. The van der Waals surface area contributed by atoms with E-state index in [1.165, 1.54) is 12.2 Å². The molecule has 0 bridgehead atoms. The number of benzene rings is 3. The van der Waals surface area contributed by atoms with Crippen molar-refractivity contribution in [2.24, 2.45) is 0 Å². The zero-order chi connectivity index (χ0) is 28.9. The number of rotatable bonds is 2. The van der Waals surface area contributed by atoms with Crippen LogP contribution in [0.25, 0.3) is 44.1 Å². The van der Waals surface area contributed by atoms with Crippen LogP contribution in [0.5, 0.6) is 0 Å². The van der Waals surface area contributed by atoms with E-state index in [-0.39, 0.29) is 79.2 Å².